The Morgan fingerprint density at radius 3 is 2.52 bits per heavy atom. The monoisotopic (exact) mass is 354 g/mol. The molecule has 5 nitrogen and oxygen atoms in total. The number of halogens is 1. The lowest BCUT2D eigenvalue weighted by Gasteiger charge is -2.12. The average molecular weight is 355 g/mol. The maximum absolute atomic E-state index is 11.1. The van der Waals surface area contributed by atoms with Crippen LogP contribution in [0.2, 0.25) is 5.28 Å². The summed E-state index contributed by atoms with van der Waals surface area (Å²) >= 11 is 5.90. The molecule has 2 aromatic carbocycles. The van der Waals surface area contributed by atoms with Gasteiger partial charge in [0.25, 0.3) is 0 Å². The molecule has 0 saturated heterocycles. The van der Waals surface area contributed by atoms with Crippen molar-refractivity contribution >= 4 is 17.6 Å². The summed E-state index contributed by atoms with van der Waals surface area (Å²) in [5, 5.41) is 9.11. The second-order valence-corrected chi connectivity index (χ2v) is 5.77. The van der Waals surface area contributed by atoms with Gasteiger partial charge in [-0.25, -0.2) is 4.98 Å². The lowest BCUT2D eigenvalue weighted by Crippen LogP contribution is -2.07. The molecule has 0 spiro atoms. The van der Waals surface area contributed by atoms with E-state index < -0.39 is 5.97 Å². The predicted molar refractivity (Wildman–Crippen MR) is 95.1 cm³/mol. The molecule has 1 aromatic heterocycles. The number of rotatable bonds is 5. The molecule has 3 aromatic rings. The number of aliphatic carboxylic acids is 1. The normalized spacial score (nSPS) is 10.5. The number of carboxylic acid groups (broad SMARTS) is 1. The maximum Gasteiger partial charge on any atom is 0.308 e. The van der Waals surface area contributed by atoms with Gasteiger partial charge in [0.15, 0.2) is 0 Å². The first kappa shape index (κ1) is 16.9. The van der Waals surface area contributed by atoms with Crippen molar-refractivity contribution < 1.29 is 14.6 Å². The molecule has 0 fully saturated rings. The summed E-state index contributed by atoms with van der Waals surface area (Å²) < 4.78 is 5.84. The second-order valence-electron chi connectivity index (χ2n) is 5.43. The van der Waals surface area contributed by atoms with Gasteiger partial charge in [-0.3, -0.25) is 4.79 Å². The van der Waals surface area contributed by atoms with E-state index in [1.165, 1.54) is 0 Å². The largest absolute Gasteiger partial charge is 0.481 e. The highest BCUT2D eigenvalue weighted by Gasteiger charge is 2.16. The maximum atomic E-state index is 11.1. The molecule has 0 unspecified atom stereocenters. The third-order valence-electron chi connectivity index (χ3n) is 3.63. The minimum absolute atomic E-state index is 0.0147. The van der Waals surface area contributed by atoms with Crippen molar-refractivity contribution in [2.75, 3.05) is 0 Å². The number of nitrogens with zero attached hydrogens (tertiary/aromatic N) is 2. The van der Waals surface area contributed by atoms with Crippen molar-refractivity contribution in [1.29, 1.82) is 0 Å². The molecule has 0 saturated carbocycles. The van der Waals surface area contributed by atoms with E-state index in [2.05, 4.69) is 9.97 Å². The van der Waals surface area contributed by atoms with Crippen LogP contribution in [0.3, 0.4) is 0 Å². The SMILES string of the molecule is Cc1nc(Cl)nc(Oc2cccc(-c3ccccc3)c2)c1CC(=O)O. The minimum Gasteiger partial charge on any atom is -0.481 e. The highest BCUT2D eigenvalue weighted by molar-refractivity contribution is 6.28. The third-order valence-corrected chi connectivity index (χ3v) is 3.80. The summed E-state index contributed by atoms with van der Waals surface area (Å²) in [4.78, 5) is 19.2. The van der Waals surface area contributed by atoms with E-state index in [-0.39, 0.29) is 17.6 Å². The Morgan fingerprint density at radius 1 is 1.08 bits per heavy atom. The van der Waals surface area contributed by atoms with Gasteiger partial charge in [-0.15, -0.1) is 0 Å². The number of benzene rings is 2. The zero-order valence-corrected chi connectivity index (χ0v) is 14.2. The topological polar surface area (TPSA) is 72.3 Å². The van der Waals surface area contributed by atoms with Crippen LogP contribution in [0.1, 0.15) is 11.3 Å². The van der Waals surface area contributed by atoms with Crippen molar-refractivity contribution in [2.24, 2.45) is 0 Å². The molecule has 0 atom stereocenters. The van der Waals surface area contributed by atoms with E-state index >= 15 is 0 Å². The van der Waals surface area contributed by atoms with E-state index in [9.17, 15) is 4.79 Å². The Hall–Kier alpha value is -2.92. The van der Waals surface area contributed by atoms with Crippen molar-refractivity contribution in [2.45, 2.75) is 13.3 Å². The summed E-state index contributed by atoms with van der Waals surface area (Å²) in [5.41, 5.74) is 2.92. The van der Waals surface area contributed by atoms with E-state index in [0.717, 1.165) is 11.1 Å². The molecule has 0 amide bonds. The van der Waals surface area contributed by atoms with Crippen LogP contribution < -0.4 is 4.74 Å². The van der Waals surface area contributed by atoms with Crippen LogP contribution in [0.5, 0.6) is 11.6 Å². The first-order valence-electron chi connectivity index (χ1n) is 7.61. The first-order chi connectivity index (χ1) is 12.0. The van der Waals surface area contributed by atoms with Crippen LogP contribution in [0.25, 0.3) is 11.1 Å². The standard InChI is InChI=1S/C19H15ClN2O3/c1-12-16(11-17(23)24)18(22-19(20)21-12)25-15-9-5-8-14(10-15)13-6-3-2-4-7-13/h2-10H,11H2,1H3,(H,23,24). The summed E-state index contributed by atoms with van der Waals surface area (Å²) in [6.45, 7) is 1.68. The predicted octanol–water partition coefficient (Wildman–Crippen LogP) is 4.52. The molecule has 126 valence electrons. The minimum atomic E-state index is -0.989. The van der Waals surface area contributed by atoms with Gasteiger partial charge < -0.3 is 9.84 Å². The van der Waals surface area contributed by atoms with Crippen molar-refractivity contribution in [3.05, 3.63) is 71.1 Å². The summed E-state index contributed by atoms with van der Waals surface area (Å²) in [5.74, 6) is -0.288. The van der Waals surface area contributed by atoms with Crippen LogP contribution >= 0.6 is 11.6 Å². The van der Waals surface area contributed by atoms with Crippen molar-refractivity contribution in [3.8, 4) is 22.8 Å². The van der Waals surface area contributed by atoms with Crippen LogP contribution in [0.4, 0.5) is 0 Å². The molecule has 1 N–H and O–H groups in total. The van der Waals surface area contributed by atoms with E-state index in [4.69, 9.17) is 21.4 Å². The van der Waals surface area contributed by atoms with Crippen LogP contribution in [0.15, 0.2) is 54.6 Å². The number of hydrogen-bond acceptors (Lipinski definition) is 4. The molecule has 1 heterocycles. The van der Waals surface area contributed by atoms with Gasteiger partial charge in [-0.2, -0.15) is 4.98 Å². The Kier molecular flexibility index (Phi) is 4.95. The number of hydrogen-bond donors (Lipinski definition) is 1. The molecule has 25 heavy (non-hydrogen) atoms. The third kappa shape index (κ3) is 4.14. The summed E-state index contributed by atoms with van der Waals surface area (Å²) in [6, 6.07) is 17.4. The smallest absolute Gasteiger partial charge is 0.308 e. The Morgan fingerprint density at radius 2 is 1.80 bits per heavy atom. The van der Waals surface area contributed by atoms with Crippen LogP contribution in [-0.4, -0.2) is 21.0 Å². The van der Waals surface area contributed by atoms with Crippen molar-refractivity contribution in [3.63, 3.8) is 0 Å². The molecule has 0 aliphatic heterocycles. The molecular weight excluding hydrogens is 340 g/mol. The Balaban J connectivity index is 1.96. The highest BCUT2D eigenvalue weighted by atomic mass is 35.5. The van der Waals surface area contributed by atoms with Gasteiger partial charge in [0.2, 0.25) is 11.2 Å². The van der Waals surface area contributed by atoms with Gasteiger partial charge in [-0.05, 0) is 41.8 Å². The number of aryl methyl sites for hydroxylation is 1. The first-order valence-corrected chi connectivity index (χ1v) is 7.99. The van der Waals surface area contributed by atoms with Crippen molar-refractivity contribution in [1.82, 2.24) is 9.97 Å². The zero-order valence-electron chi connectivity index (χ0n) is 13.4. The fourth-order valence-electron chi connectivity index (χ4n) is 2.46. The summed E-state index contributed by atoms with van der Waals surface area (Å²) in [6.07, 6.45) is -0.239. The average Bonchev–Trinajstić information content (AvgIpc) is 2.59. The molecular formula is C19H15ClN2O3. The number of carbonyl (C=O) groups is 1. The van der Waals surface area contributed by atoms with Gasteiger partial charge >= 0.3 is 5.97 Å². The van der Waals surface area contributed by atoms with E-state index in [1.807, 2.05) is 48.5 Å². The number of ether oxygens (including phenoxy) is 1. The highest BCUT2D eigenvalue weighted by Crippen LogP contribution is 2.30. The molecule has 0 aliphatic carbocycles. The molecule has 3 rings (SSSR count). The lowest BCUT2D eigenvalue weighted by atomic mass is 10.1. The van der Waals surface area contributed by atoms with Crippen LogP contribution in [-0.2, 0) is 11.2 Å². The van der Waals surface area contributed by atoms with Gasteiger partial charge in [0, 0.05) is 11.3 Å². The van der Waals surface area contributed by atoms with Gasteiger partial charge in [0.05, 0.1) is 6.42 Å². The van der Waals surface area contributed by atoms with Gasteiger partial charge in [-0.1, -0.05) is 42.5 Å². The molecule has 6 heteroatoms. The molecule has 0 radical (unpaired) electrons. The zero-order chi connectivity index (χ0) is 17.8. The Labute approximate surface area is 149 Å². The lowest BCUT2D eigenvalue weighted by molar-refractivity contribution is -0.136. The second kappa shape index (κ2) is 7.32. The fourth-order valence-corrected chi connectivity index (χ4v) is 2.66. The number of carboxylic acids is 1. The van der Waals surface area contributed by atoms with E-state index in [0.29, 0.717) is 17.0 Å². The van der Waals surface area contributed by atoms with E-state index in [1.54, 1.807) is 13.0 Å². The Bertz CT molecular complexity index is 914. The molecule has 0 bridgehead atoms. The van der Waals surface area contributed by atoms with Gasteiger partial charge in [0.1, 0.15) is 5.75 Å². The summed E-state index contributed by atoms with van der Waals surface area (Å²) in [7, 11) is 0. The number of aromatic nitrogens is 2. The molecule has 0 aliphatic rings. The quantitative estimate of drug-likeness (QED) is 0.682. The van der Waals surface area contributed by atoms with Crippen LogP contribution in [0, 0.1) is 6.92 Å². The fraction of sp³-hybridized carbons (Fsp3) is 0.105.